The van der Waals surface area contributed by atoms with Crippen LogP contribution in [0.3, 0.4) is 0 Å². The van der Waals surface area contributed by atoms with Gasteiger partial charge in [0.1, 0.15) is 5.82 Å². The first kappa shape index (κ1) is 14.9. The van der Waals surface area contributed by atoms with E-state index in [1.165, 1.54) is 30.3 Å². The molecule has 21 heavy (non-hydrogen) atoms. The molecule has 0 aliphatic carbocycles. The van der Waals surface area contributed by atoms with Crippen molar-refractivity contribution in [2.75, 3.05) is 5.32 Å². The van der Waals surface area contributed by atoms with Gasteiger partial charge in [0.15, 0.2) is 0 Å². The van der Waals surface area contributed by atoms with Crippen molar-refractivity contribution >= 4 is 28.9 Å². The monoisotopic (exact) mass is 308 g/mol. The predicted molar refractivity (Wildman–Crippen MR) is 77.2 cm³/mol. The number of aryl methyl sites for hydroxylation is 1. The summed E-state index contributed by atoms with van der Waals surface area (Å²) in [5.74, 6) is -0.965. The maximum absolute atomic E-state index is 13.0. The Morgan fingerprint density at radius 3 is 2.62 bits per heavy atom. The summed E-state index contributed by atoms with van der Waals surface area (Å²) in [6.45, 7) is 1.59. The van der Waals surface area contributed by atoms with Crippen molar-refractivity contribution in [3.05, 3.63) is 68.5 Å². The van der Waals surface area contributed by atoms with E-state index in [2.05, 4.69) is 5.32 Å². The molecule has 0 saturated carbocycles. The number of amides is 1. The minimum absolute atomic E-state index is 0.125. The molecular weight excluding hydrogens is 299 g/mol. The van der Waals surface area contributed by atoms with Crippen LogP contribution in [0.2, 0.25) is 5.02 Å². The van der Waals surface area contributed by atoms with Crippen molar-refractivity contribution in [3.63, 3.8) is 0 Å². The highest BCUT2D eigenvalue weighted by Crippen LogP contribution is 2.27. The topological polar surface area (TPSA) is 72.2 Å². The minimum atomic E-state index is -0.588. The Labute approximate surface area is 124 Å². The number of benzene rings is 2. The van der Waals surface area contributed by atoms with Crippen LogP contribution < -0.4 is 5.32 Å². The van der Waals surface area contributed by atoms with Gasteiger partial charge in [-0.15, -0.1) is 0 Å². The van der Waals surface area contributed by atoms with Gasteiger partial charge in [0.05, 0.1) is 15.6 Å². The zero-order chi connectivity index (χ0) is 15.6. The maximum atomic E-state index is 13.0. The zero-order valence-electron chi connectivity index (χ0n) is 10.9. The summed E-state index contributed by atoms with van der Waals surface area (Å²) >= 11 is 5.90. The van der Waals surface area contributed by atoms with E-state index in [1.54, 1.807) is 6.92 Å². The van der Waals surface area contributed by atoms with Crippen molar-refractivity contribution in [2.24, 2.45) is 0 Å². The second kappa shape index (κ2) is 5.88. The highest BCUT2D eigenvalue weighted by atomic mass is 35.5. The summed E-state index contributed by atoms with van der Waals surface area (Å²) in [4.78, 5) is 22.2. The fourth-order valence-electron chi connectivity index (χ4n) is 1.79. The second-order valence-corrected chi connectivity index (χ2v) is 4.74. The molecular formula is C14H10ClFN2O3. The molecule has 0 unspecified atom stereocenters. The maximum Gasteiger partial charge on any atom is 0.271 e. The molecule has 2 aromatic carbocycles. The molecule has 7 heteroatoms. The molecule has 0 bridgehead atoms. The molecule has 1 amide bonds. The van der Waals surface area contributed by atoms with Crippen LogP contribution in [-0.4, -0.2) is 10.8 Å². The van der Waals surface area contributed by atoms with Crippen LogP contribution in [-0.2, 0) is 0 Å². The summed E-state index contributed by atoms with van der Waals surface area (Å²) in [5.41, 5.74) is 0.651. The number of hydrogen-bond donors (Lipinski definition) is 1. The van der Waals surface area contributed by atoms with E-state index >= 15 is 0 Å². The lowest BCUT2D eigenvalue weighted by Crippen LogP contribution is -2.14. The average Bonchev–Trinajstić information content (AvgIpc) is 2.40. The van der Waals surface area contributed by atoms with Crippen LogP contribution in [0.4, 0.5) is 15.8 Å². The Kier molecular flexibility index (Phi) is 4.18. The van der Waals surface area contributed by atoms with E-state index in [4.69, 9.17) is 11.6 Å². The van der Waals surface area contributed by atoms with E-state index in [0.29, 0.717) is 5.56 Å². The van der Waals surface area contributed by atoms with E-state index in [0.717, 1.165) is 6.07 Å². The SMILES string of the molecule is Cc1cc(F)ccc1C(=O)Nc1cc([N+](=O)[O-])ccc1Cl. The van der Waals surface area contributed by atoms with Crippen molar-refractivity contribution in [1.29, 1.82) is 0 Å². The van der Waals surface area contributed by atoms with Gasteiger partial charge in [-0.05, 0) is 36.8 Å². The van der Waals surface area contributed by atoms with Crippen LogP contribution in [0.25, 0.3) is 0 Å². The summed E-state index contributed by atoms with van der Waals surface area (Å²) in [7, 11) is 0. The van der Waals surface area contributed by atoms with Crippen molar-refractivity contribution in [1.82, 2.24) is 0 Å². The number of hydrogen-bond acceptors (Lipinski definition) is 3. The summed E-state index contributed by atoms with van der Waals surface area (Å²) in [6, 6.07) is 7.46. The number of nitrogens with one attached hydrogen (secondary N) is 1. The average molecular weight is 309 g/mol. The van der Waals surface area contributed by atoms with E-state index in [1.807, 2.05) is 0 Å². The Bertz CT molecular complexity index is 734. The number of nitro benzene ring substituents is 1. The molecule has 0 spiro atoms. The Hall–Kier alpha value is -2.47. The van der Waals surface area contributed by atoms with Crippen LogP contribution in [0.15, 0.2) is 36.4 Å². The van der Waals surface area contributed by atoms with Crippen LogP contribution in [0.5, 0.6) is 0 Å². The molecule has 5 nitrogen and oxygen atoms in total. The Morgan fingerprint density at radius 1 is 1.29 bits per heavy atom. The number of nitro groups is 1. The Balaban J connectivity index is 2.31. The zero-order valence-corrected chi connectivity index (χ0v) is 11.6. The fraction of sp³-hybridized carbons (Fsp3) is 0.0714. The van der Waals surface area contributed by atoms with Crippen LogP contribution >= 0.6 is 11.6 Å². The molecule has 2 rings (SSSR count). The normalized spacial score (nSPS) is 10.2. The fourth-order valence-corrected chi connectivity index (χ4v) is 1.96. The smallest absolute Gasteiger partial charge is 0.271 e. The van der Waals surface area contributed by atoms with Crippen LogP contribution in [0.1, 0.15) is 15.9 Å². The van der Waals surface area contributed by atoms with E-state index < -0.39 is 16.6 Å². The highest BCUT2D eigenvalue weighted by molar-refractivity contribution is 6.34. The third-order valence-electron chi connectivity index (χ3n) is 2.84. The molecule has 0 aliphatic heterocycles. The number of anilines is 1. The third kappa shape index (κ3) is 3.35. The number of carbonyl (C=O) groups excluding carboxylic acids is 1. The van der Waals surface area contributed by atoms with Crippen molar-refractivity contribution in [3.8, 4) is 0 Å². The number of halogens is 2. The van der Waals surface area contributed by atoms with Gasteiger partial charge in [0.2, 0.25) is 0 Å². The Morgan fingerprint density at radius 2 is 2.00 bits per heavy atom. The van der Waals surface area contributed by atoms with Crippen LogP contribution in [0, 0.1) is 22.9 Å². The number of nitrogens with zero attached hydrogens (tertiary/aromatic N) is 1. The molecule has 0 aliphatic rings. The van der Waals surface area contributed by atoms with Gasteiger partial charge in [-0.2, -0.15) is 0 Å². The lowest BCUT2D eigenvalue weighted by molar-refractivity contribution is -0.384. The third-order valence-corrected chi connectivity index (χ3v) is 3.17. The molecule has 0 atom stereocenters. The van der Waals surface area contributed by atoms with Gasteiger partial charge in [-0.3, -0.25) is 14.9 Å². The molecule has 108 valence electrons. The summed E-state index contributed by atoms with van der Waals surface area (Å²) in [6.07, 6.45) is 0. The predicted octanol–water partition coefficient (Wildman–Crippen LogP) is 3.95. The molecule has 2 aromatic rings. The molecule has 0 aromatic heterocycles. The molecule has 0 fully saturated rings. The van der Waals surface area contributed by atoms with Gasteiger partial charge < -0.3 is 5.32 Å². The molecule has 0 saturated heterocycles. The minimum Gasteiger partial charge on any atom is -0.320 e. The van der Waals surface area contributed by atoms with E-state index in [-0.39, 0.29) is 22.0 Å². The van der Waals surface area contributed by atoms with E-state index in [9.17, 15) is 19.3 Å². The van der Waals surface area contributed by atoms with Gasteiger partial charge >= 0.3 is 0 Å². The van der Waals surface area contributed by atoms with Gasteiger partial charge in [0, 0.05) is 17.7 Å². The summed E-state index contributed by atoms with van der Waals surface area (Å²) in [5, 5.41) is 13.4. The van der Waals surface area contributed by atoms with Crippen molar-refractivity contribution < 1.29 is 14.1 Å². The van der Waals surface area contributed by atoms with Crippen molar-refractivity contribution in [2.45, 2.75) is 6.92 Å². The number of carbonyl (C=O) groups is 1. The molecule has 0 radical (unpaired) electrons. The lowest BCUT2D eigenvalue weighted by Gasteiger charge is -2.09. The van der Waals surface area contributed by atoms with Gasteiger partial charge in [-0.1, -0.05) is 11.6 Å². The lowest BCUT2D eigenvalue weighted by atomic mass is 10.1. The van der Waals surface area contributed by atoms with Gasteiger partial charge in [0.25, 0.3) is 11.6 Å². The quantitative estimate of drug-likeness (QED) is 0.689. The van der Waals surface area contributed by atoms with Gasteiger partial charge in [-0.25, -0.2) is 4.39 Å². The second-order valence-electron chi connectivity index (χ2n) is 4.33. The first-order valence-corrected chi connectivity index (χ1v) is 6.27. The molecule has 0 heterocycles. The first-order chi connectivity index (χ1) is 9.88. The number of rotatable bonds is 3. The number of non-ortho nitro benzene ring substituents is 1. The first-order valence-electron chi connectivity index (χ1n) is 5.90. The summed E-state index contributed by atoms with van der Waals surface area (Å²) < 4.78 is 13.0. The molecule has 1 N–H and O–H groups in total. The highest BCUT2D eigenvalue weighted by Gasteiger charge is 2.14. The standard InChI is InChI=1S/C14H10ClFN2O3/c1-8-6-9(16)2-4-11(8)14(19)17-13-7-10(18(20)21)3-5-12(13)15/h2-7H,1H3,(H,17,19). The largest absolute Gasteiger partial charge is 0.320 e.